The van der Waals surface area contributed by atoms with Gasteiger partial charge in [0.05, 0.1) is 22.4 Å². The van der Waals surface area contributed by atoms with Crippen molar-refractivity contribution in [1.29, 1.82) is 0 Å². The third kappa shape index (κ3) is 5.41. The highest BCUT2D eigenvalue weighted by molar-refractivity contribution is 14.1. The highest BCUT2D eigenvalue weighted by Crippen LogP contribution is 2.39. The van der Waals surface area contributed by atoms with E-state index in [0.717, 1.165) is 9.13 Å². The molecule has 0 spiro atoms. The Hall–Kier alpha value is -3.00. The summed E-state index contributed by atoms with van der Waals surface area (Å²) in [6, 6.07) is 11.0. The smallest absolute Gasteiger partial charge is 0.280 e. The Bertz CT molecular complexity index is 1470. The number of hydrazone groups is 1. The summed E-state index contributed by atoms with van der Waals surface area (Å²) < 4.78 is 82.8. The van der Waals surface area contributed by atoms with E-state index in [1.54, 1.807) is 19.1 Å². The van der Waals surface area contributed by atoms with E-state index < -0.39 is 40.7 Å². The second-order valence-corrected chi connectivity index (χ2v) is 10.1. The number of benzene rings is 3. The highest BCUT2D eigenvalue weighted by Gasteiger charge is 2.37. The van der Waals surface area contributed by atoms with E-state index in [4.69, 9.17) is 9.47 Å². The molecule has 0 bridgehead atoms. The van der Waals surface area contributed by atoms with Crippen molar-refractivity contribution in [1.82, 2.24) is 0 Å². The molecule has 1 heterocycles. The molecule has 198 valence electrons. The predicted molar refractivity (Wildman–Crippen MR) is 144 cm³/mol. The van der Waals surface area contributed by atoms with Crippen molar-refractivity contribution in [2.45, 2.75) is 20.5 Å². The molecule has 0 aliphatic carbocycles. The van der Waals surface area contributed by atoms with Crippen LogP contribution in [0.2, 0.25) is 0 Å². The molecule has 0 radical (unpaired) electrons. The maximum Gasteiger partial charge on any atom is 0.280 e. The molecular formula is C26H17BrF5IN2O3. The first-order valence-corrected chi connectivity index (χ1v) is 12.9. The van der Waals surface area contributed by atoms with Gasteiger partial charge in [-0.25, -0.2) is 22.0 Å². The Morgan fingerprint density at radius 2 is 1.58 bits per heavy atom. The molecule has 4 rings (SSSR count). The fourth-order valence-electron chi connectivity index (χ4n) is 3.59. The van der Waals surface area contributed by atoms with Crippen molar-refractivity contribution in [2.24, 2.45) is 5.10 Å². The van der Waals surface area contributed by atoms with Gasteiger partial charge in [-0.05, 0) is 93.8 Å². The van der Waals surface area contributed by atoms with E-state index >= 15 is 0 Å². The number of rotatable bonds is 7. The SMILES string of the molecule is CCOc1cc(/C=C2/C(=O)N(c3c(F)c(F)c(F)c(F)c3F)N=C2C)cc(Br)c1OCc1ccc(I)cc1. The second-order valence-electron chi connectivity index (χ2n) is 7.96. The molecule has 0 fully saturated rings. The topological polar surface area (TPSA) is 51.1 Å². The van der Waals surface area contributed by atoms with Crippen LogP contribution in [0.15, 0.2) is 51.5 Å². The number of nitrogens with zero attached hydrogens (tertiary/aromatic N) is 2. The number of halogens is 7. The lowest BCUT2D eigenvalue weighted by Gasteiger charge is -2.16. The fourth-order valence-corrected chi connectivity index (χ4v) is 4.53. The number of carbonyl (C=O) groups is 1. The van der Waals surface area contributed by atoms with Gasteiger partial charge in [-0.2, -0.15) is 10.1 Å². The van der Waals surface area contributed by atoms with Crippen LogP contribution in [-0.2, 0) is 11.4 Å². The normalized spacial score (nSPS) is 14.3. The minimum absolute atomic E-state index is 0.00654. The largest absolute Gasteiger partial charge is 0.490 e. The summed E-state index contributed by atoms with van der Waals surface area (Å²) >= 11 is 5.65. The molecule has 0 saturated carbocycles. The molecule has 0 atom stereocenters. The third-order valence-corrected chi connectivity index (χ3v) is 6.71. The van der Waals surface area contributed by atoms with Gasteiger partial charge in [-0.3, -0.25) is 4.79 Å². The number of hydrogen-bond donors (Lipinski definition) is 0. The minimum Gasteiger partial charge on any atom is -0.490 e. The number of hydrogen-bond acceptors (Lipinski definition) is 4. The molecule has 3 aromatic carbocycles. The van der Waals surface area contributed by atoms with Crippen LogP contribution < -0.4 is 14.5 Å². The average Bonchev–Trinajstić information content (AvgIpc) is 3.15. The molecule has 38 heavy (non-hydrogen) atoms. The van der Waals surface area contributed by atoms with Crippen LogP contribution >= 0.6 is 38.5 Å². The predicted octanol–water partition coefficient (Wildman–Crippen LogP) is 7.53. The maximum absolute atomic E-state index is 14.3. The monoisotopic (exact) mass is 706 g/mol. The lowest BCUT2D eigenvalue weighted by Crippen LogP contribution is -2.25. The summed E-state index contributed by atoms with van der Waals surface area (Å²) in [5.41, 5.74) is -0.200. The van der Waals surface area contributed by atoms with Gasteiger partial charge in [0.15, 0.2) is 34.8 Å². The van der Waals surface area contributed by atoms with Crippen LogP contribution in [0, 0.1) is 32.7 Å². The molecule has 0 N–H and O–H groups in total. The zero-order valence-corrected chi connectivity index (χ0v) is 23.5. The Kier molecular flexibility index (Phi) is 8.40. The molecule has 5 nitrogen and oxygen atoms in total. The molecule has 1 aliphatic rings. The van der Waals surface area contributed by atoms with Crippen LogP contribution in [0.4, 0.5) is 27.6 Å². The quantitative estimate of drug-likeness (QED) is 0.0840. The van der Waals surface area contributed by atoms with Gasteiger partial charge in [0, 0.05) is 3.57 Å². The van der Waals surface area contributed by atoms with Gasteiger partial charge < -0.3 is 9.47 Å². The molecule has 0 aromatic heterocycles. The van der Waals surface area contributed by atoms with Crippen molar-refractivity contribution >= 4 is 61.9 Å². The van der Waals surface area contributed by atoms with E-state index in [9.17, 15) is 26.7 Å². The molecular weight excluding hydrogens is 690 g/mol. The summed E-state index contributed by atoms with van der Waals surface area (Å²) in [6.45, 7) is 3.71. The van der Waals surface area contributed by atoms with Gasteiger partial charge in [0.2, 0.25) is 5.82 Å². The number of amides is 1. The van der Waals surface area contributed by atoms with E-state index in [0.29, 0.717) is 28.1 Å². The molecule has 1 amide bonds. The summed E-state index contributed by atoms with van der Waals surface area (Å²) in [5.74, 6) is -11.3. The fraction of sp³-hybridized carbons (Fsp3) is 0.154. The molecule has 0 saturated heterocycles. The van der Waals surface area contributed by atoms with Crippen molar-refractivity contribution in [3.8, 4) is 11.5 Å². The van der Waals surface area contributed by atoms with Crippen molar-refractivity contribution in [2.75, 3.05) is 11.6 Å². The highest BCUT2D eigenvalue weighted by atomic mass is 127. The standard InChI is InChI=1S/C26H17BrF5IN2O3/c1-3-37-18-10-14(9-17(27)25(18)38-11-13-4-6-15(33)7-5-13)8-16-12(2)34-35(26(16)36)24-22(31)20(29)19(28)21(30)23(24)32/h4-10H,3,11H2,1-2H3/b16-8+. The van der Waals surface area contributed by atoms with Gasteiger partial charge in [-0.1, -0.05) is 12.1 Å². The van der Waals surface area contributed by atoms with Crippen molar-refractivity contribution in [3.05, 3.63) is 90.2 Å². The Labute approximate surface area is 236 Å². The summed E-state index contributed by atoms with van der Waals surface area (Å²) in [4.78, 5) is 13.0. The zero-order valence-electron chi connectivity index (χ0n) is 19.7. The van der Waals surface area contributed by atoms with E-state index in [-0.39, 0.29) is 22.9 Å². The van der Waals surface area contributed by atoms with Crippen LogP contribution in [0.3, 0.4) is 0 Å². The third-order valence-electron chi connectivity index (χ3n) is 5.40. The van der Waals surface area contributed by atoms with Gasteiger partial charge in [0.25, 0.3) is 5.91 Å². The van der Waals surface area contributed by atoms with Crippen LogP contribution in [-0.4, -0.2) is 18.2 Å². The average molecular weight is 707 g/mol. The first kappa shape index (κ1) is 28.0. The molecule has 3 aromatic rings. The molecule has 1 aliphatic heterocycles. The first-order valence-electron chi connectivity index (χ1n) is 11.0. The van der Waals surface area contributed by atoms with Crippen LogP contribution in [0.25, 0.3) is 6.08 Å². The summed E-state index contributed by atoms with van der Waals surface area (Å²) in [7, 11) is 0. The van der Waals surface area contributed by atoms with Crippen LogP contribution in [0.1, 0.15) is 25.0 Å². The van der Waals surface area contributed by atoms with Crippen molar-refractivity contribution in [3.63, 3.8) is 0 Å². The first-order chi connectivity index (χ1) is 18.0. The number of anilines is 1. The number of carbonyl (C=O) groups excluding carboxylic acids is 1. The maximum atomic E-state index is 14.3. The van der Waals surface area contributed by atoms with E-state index in [2.05, 4.69) is 43.6 Å². The summed E-state index contributed by atoms with van der Waals surface area (Å²) in [6.07, 6.45) is 1.36. The number of ether oxygens (including phenoxy) is 2. The molecule has 12 heteroatoms. The Morgan fingerprint density at radius 3 is 2.18 bits per heavy atom. The molecule has 0 unspecified atom stereocenters. The van der Waals surface area contributed by atoms with E-state index in [1.807, 2.05) is 24.3 Å². The van der Waals surface area contributed by atoms with E-state index in [1.165, 1.54) is 13.0 Å². The lowest BCUT2D eigenvalue weighted by atomic mass is 10.1. The van der Waals surface area contributed by atoms with Crippen LogP contribution in [0.5, 0.6) is 11.5 Å². The van der Waals surface area contributed by atoms with Crippen molar-refractivity contribution < 1.29 is 36.2 Å². The zero-order chi connectivity index (χ0) is 27.7. The minimum atomic E-state index is -2.33. The summed E-state index contributed by atoms with van der Waals surface area (Å²) in [5, 5.41) is 3.91. The van der Waals surface area contributed by atoms with Gasteiger partial charge in [-0.15, -0.1) is 0 Å². The Morgan fingerprint density at radius 1 is 0.974 bits per heavy atom. The van der Waals surface area contributed by atoms with Gasteiger partial charge >= 0.3 is 0 Å². The van der Waals surface area contributed by atoms with Gasteiger partial charge in [0.1, 0.15) is 12.3 Å². The Balaban J connectivity index is 1.67. The second kappa shape index (κ2) is 11.4. The lowest BCUT2D eigenvalue weighted by molar-refractivity contribution is -0.114.